The average Bonchev–Trinajstić information content (AvgIpc) is 3.27. The third-order valence-corrected chi connectivity index (χ3v) is 7.31. The Morgan fingerprint density at radius 3 is 2.39 bits per heavy atom. The van der Waals surface area contributed by atoms with Crippen LogP contribution >= 0.6 is 23.4 Å². The highest BCUT2D eigenvalue weighted by molar-refractivity contribution is 8.15. The van der Waals surface area contributed by atoms with E-state index in [2.05, 4.69) is 10.3 Å². The summed E-state index contributed by atoms with van der Waals surface area (Å²) in [6, 6.07) is 15.9. The highest BCUT2D eigenvalue weighted by Gasteiger charge is 2.35. The number of hydrogen-bond donors (Lipinski definition) is 1. The summed E-state index contributed by atoms with van der Waals surface area (Å²) < 4.78 is 15.8. The van der Waals surface area contributed by atoms with Crippen LogP contribution in [0.25, 0.3) is 6.08 Å². The van der Waals surface area contributed by atoms with E-state index in [0.29, 0.717) is 22.2 Å². The van der Waals surface area contributed by atoms with Gasteiger partial charge in [0.2, 0.25) is 5.91 Å². The lowest BCUT2D eigenvalue weighted by atomic mass is 10.2. The van der Waals surface area contributed by atoms with Crippen LogP contribution in [0.4, 0.5) is 17.1 Å². The molecule has 0 saturated heterocycles. The van der Waals surface area contributed by atoms with E-state index >= 15 is 0 Å². The Morgan fingerprint density at radius 1 is 1.05 bits per heavy atom. The van der Waals surface area contributed by atoms with E-state index in [4.69, 9.17) is 25.8 Å². The van der Waals surface area contributed by atoms with Crippen molar-refractivity contribution in [2.45, 2.75) is 12.2 Å². The van der Waals surface area contributed by atoms with E-state index < -0.39 is 22.0 Å². The number of hydrogen-bond acceptors (Lipinski definition) is 9. The van der Waals surface area contributed by atoms with Gasteiger partial charge in [-0.3, -0.25) is 24.6 Å². The van der Waals surface area contributed by atoms with Gasteiger partial charge in [0.1, 0.15) is 22.9 Å². The van der Waals surface area contributed by atoms with Crippen molar-refractivity contribution in [2.75, 3.05) is 31.5 Å². The van der Waals surface area contributed by atoms with Gasteiger partial charge in [-0.1, -0.05) is 35.5 Å². The molecule has 3 aromatic carbocycles. The van der Waals surface area contributed by atoms with Crippen molar-refractivity contribution >= 4 is 63.5 Å². The Hall–Kier alpha value is -4.55. The molecule has 1 aliphatic rings. The number of nitro groups is 1. The lowest BCUT2D eigenvalue weighted by Gasteiger charge is -2.21. The predicted octanol–water partition coefficient (Wildman–Crippen LogP) is 5.78. The molecule has 0 radical (unpaired) electrons. The molecule has 1 N–H and O–H groups in total. The molecule has 41 heavy (non-hydrogen) atoms. The first-order valence-corrected chi connectivity index (χ1v) is 13.3. The second-order valence-electron chi connectivity index (χ2n) is 8.55. The summed E-state index contributed by atoms with van der Waals surface area (Å²) in [6.45, 7) is 1.63. The van der Waals surface area contributed by atoms with Gasteiger partial charge in [-0.2, -0.15) is 0 Å². The summed E-state index contributed by atoms with van der Waals surface area (Å²) in [5.74, 6) is 0.386. The maximum atomic E-state index is 13.6. The standard InChI is InChI=1S/C28H25ClN4O7S/c1-16(26(34)30-22-14-19(33(36)37)8-12-24(22)39-3)41-28-31-23(13-17-5-9-20(38-2)10-6-17)27(35)32(28)18-7-11-21(29)25(15-18)40-4/h5-16H,1-4H3,(H,30,34)/b23-13+/t16-/m1/s1. The molecule has 212 valence electrons. The molecule has 0 aromatic heterocycles. The van der Waals surface area contributed by atoms with Gasteiger partial charge in [-0.05, 0) is 48.9 Å². The van der Waals surface area contributed by atoms with Crippen molar-refractivity contribution in [1.29, 1.82) is 0 Å². The molecule has 2 amide bonds. The molecular formula is C28H25ClN4O7S. The SMILES string of the molecule is COc1ccc(/C=C2/N=C(S[C@H](C)C(=O)Nc3cc([N+](=O)[O-])ccc3OC)N(c3ccc(Cl)c(OC)c3)C2=O)cc1. The van der Waals surface area contributed by atoms with Crippen molar-refractivity contribution in [1.82, 2.24) is 0 Å². The van der Waals surface area contributed by atoms with Gasteiger partial charge in [0, 0.05) is 18.2 Å². The quantitative estimate of drug-likeness (QED) is 0.187. The van der Waals surface area contributed by atoms with Crippen LogP contribution in [0.15, 0.2) is 71.4 Å². The van der Waals surface area contributed by atoms with Gasteiger partial charge >= 0.3 is 0 Å². The van der Waals surface area contributed by atoms with Gasteiger partial charge in [0.25, 0.3) is 11.6 Å². The van der Waals surface area contributed by atoms with E-state index in [1.165, 1.54) is 37.3 Å². The van der Waals surface area contributed by atoms with Gasteiger partial charge < -0.3 is 19.5 Å². The number of amidine groups is 1. The van der Waals surface area contributed by atoms with Crippen LogP contribution in [0, 0.1) is 10.1 Å². The van der Waals surface area contributed by atoms with Crippen molar-refractivity contribution < 1.29 is 28.7 Å². The minimum Gasteiger partial charge on any atom is -0.497 e. The smallest absolute Gasteiger partial charge is 0.283 e. The van der Waals surface area contributed by atoms with Crippen LogP contribution in [0.5, 0.6) is 17.2 Å². The molecule has 0 spiro atoms. The number of halogens is 1. The number of rotatable bonds is 9. The molecule has 0 unspecified atom stereocenters. The number of amides is 2. The van der Waals surface area contributed by atoms with Crippen LogP contribution < -0.4 is 24.4 Å². The zero-order chi connectivity index (χ0) is 29.7. The van der Waals surface area contributed by atoms with Gasteiger partial charge in [-0.15, -0.1) is 0 Å². The van der Waals surface area contributed by atoms with Crippen molar-refractivity contribution in [3.63, 3.8) is 0 Å². The minimum atomic E-state index is -0.775. The largest absolute Gasteiger partial charge is 0.497 e. The van der Waals surface area contributed by atoms with Crippen molar-refractivity contribution in [2.24, 2.45) is 4.99 Å². The topological polar surface area (TPSA) is 133 Å². The van der Waals surface area contributed by atoms with Gasteiger partial charge in [0.15, 0.2) is 5.17 Å². The lowest BCUT2D eigenvalue weighted by Crippen LogP contribution is -2.33. The summed E-state index contributed by atoms with van der Waals surface area (Å²) in [4.78, 5) is 43.4. The molecular weight excluding hydrogens is 572 g/mol. The maximum absolute atomic E-state index is 13.6. The summed E-state index contributed by atoms with van der Waals surface area (Å²) in [6.07, 6.45) is 1.63. The van der Waals surface area contributed by atoms with Crippen LogP contribution in [0.1, 0.15) is 12.5 Å². The highest BCUT2D eigenvalue weighted by atomic mass is 35.5. The zero-order valence-electron chi connectivity index (χ0n) is 22.4. The number of methoxy groups -OCH3 is 3. The number of nitrogens with zero attached hydrogens (tertiary/aromatic N) is 3. The number of ether oxygens (including phenoxy) is 3. The van der Waals surface area contributed by atoms with E-state index in [-0.39, 0.29) is 28.0 Å². The number of thioether (sulfide) groups is 1. The van der Waals surface area contributed by atoms with E-state index in [0.717, 1.165) is 17.3 Å². The summed E-state index contributed by atoms with van der Waals surface area (Å²) in [5, 5.41) is 13.7. The molecule has 0 fully saturated rings. The third kappa shape index (κ3) is 6.61. The van der Waals surface area contributed by atoms with Crippen molar-refractivity contribution in [3.05, 3.63) is 87.1 Å². The third-order valence-electron chi connectivity index (χ3n) is 5.94. The molecule has 11 nitrogen and oxygen atoms in total. The van der Waals surface area contributed by atoms with Crippen LogP contribution in [0.3, 0.4) is 0 Å². The monoisotopic (exact) mass is 596 g/mol. The summed E-state index contributed by atoms with van der Waals surface area (Å²) >= 11 is 7.24. The first kappa shape index (κ1) is 29.4. The molecule has 1 aliphatic heterocycles. The fraction of sp³-hybridized carbons (Fsp3) is 0.179. The number of carbonyl (C=O) groups is 2. The second kappa shape index (κ2) is 12.7. The maximum Gasteiger partial charge on any atom is 0.283 e. The van der Waals surface area contributed by atoms with Crippen LogP contribution in [-0.4, -0.2) is 48.5 Å². The normalized spacial score (nSPS) is 14.5. The molecule has 3 aromatic rings. The second-order valence-corrected chi connectivity index (χ2v) is 10.3. The molecule has 0 saturated carbocycles. The Balaban J connectivity index is 1.65. The Morgan fingerprint density at radius 2 is 1.76 bits per heavy atom. The summed E-state index contributed by atoms with van der Waals surface area (Å²) in [7, 11) is 4.42. The average molecular weight is 597 g/mol. The predicted molar refractivity (Wildman–Crippen MR) is 159 cm³/mol. The van der Waals surface area contributed by atoms with E-state index in [1.807, 2.05) is 0 Å². The molecule has 13 heteroatoms. The molecule has 4 rings (SSSR count). The highest BCUT2D eigenvalue weighted by Crippen LogP contribution is 2.36. The zero-order valence-corrected chi connectivity index (χ0v) is 24.0. The number of aliphatic imine (C=N–C) groups is 1. The number of benzene rings is 3. The Labute approximate surface area is 244 Å². The first-order chi connectivity index (χ1) is 19.6. The number of nitro benzene ring substituents is 1. The minimum absolute atomic E-state index is 0.142. The van der Waals surface area contributed by atoms with Crippen LogP contribution in [-0.2, 0) is 9.59 Å². The fourth-order valence-electron chi connectivity index (χ4n) is 3.80. The lowest BCUT2D eigenvalue weighted by molar-refractivity contribution is -0.384. The number of anilines is 2. The van der Waals surface area contributed by atoms with E-state index in [1.54, 1.807) is 62.6 Å². The molecule has 1 atom stereocenters. The number of carbonyl (C=O) groups excluding carboxylic acids is 2. The van der Waals surface area contributed by atoms with Gasteiger partial charge in [-0.25, -0.2) is 4.99 Å². The van der Waals surface area contributed by atoms with Crippen molar-refractivity contribution in [3.8, 4) is 17.2 Å². The summed E-state index contributed by atoms with van der Waals surface area (Å²) in [5.41, 5.74) is 1.25. The first-order valence-electron chi connectivity index (χ1n) is 12.1. The molecule has 1 heterocycles. The Bertz CT molecular complexity index is 1560. The van der Waals surface area contributed by atoms with Gasteiger partial charge in [0.05, 0.1) is 47.9 Å². The Kier molecular flexibility index (Phi) is 9.15. The van der Waals surface area contributed by atoms with Crippen LogP contribution in [0.2, 0.25) is 5.02 Å². The number of nitrogens with one attached hydrogen (secondary N) is 1. The molecule has 0 aliphatic carbocycles. The fourth-order valence-corrected chi connectivity index (χ4v) is 4.92. The molecule has 0 bridgehead atoms. The number of non-ortho nitro benzene ring substituents is 1. The van der Waals surface area contributed by atoms with E-state index in [9.17, 15) is 19.7 Å².